The Hall–Kier alpha value is -1.33. The van der Waals surface area contributed by atoms with Gasteiger partial charge in [0.25, 0.3) is 0 Å². The zero-order chi connectivity index (χ0) is 14.8. The Morgan fingerprint density at radius 3 is 2.76 bits per heavy atom. The van der Waals surface area contributed by atoms with Crippen molar-refractivity contribution in [1.82, 2.24) is 10.2 Å². The van der Waals surface area contributed by atoms with Gasteiger partial charge in [0.1, 0.15) is 5.76 Å². The highest BCUT2D eigenvalue weighted by Crippen LogP contribution is 2.37. The molecule has 2 bridgehead atoms. The Bertz CT molecular complexity index is 485. The fourth-order valence-electron chi connectivity index (χ4n) is 3.77. The minimum absolute atomic E-state index is 0.270. The maximum atomic E-state index is 11.3. The van der Waals surface area contributed by atoms with E-state index in [0.717, 1.165) is 30.3 Å². The van der Waals surface area contributed by atoms with E-state index in [0.29, 0.717) is 6.54 Å². The first kappa shape index (κ1) is 14.6. The second-order valence-electron chi connectivity index (χ2n) is 6.28. The van der Waals surface area contributed by atoms with Gasteiger partial charge in [-0.1, -0.05) is 0 Å². The van der Waals surface area contributed by atoms with E-state index in [1.54, 1.807) is 6.07 Å². The summed E-state index contributed by atoms with van der Waals surface area (Å²) < 4.78 is 10.1. The molecule has 1 aromatic rings. The third kappa shape index (κ3) is 3.14. The van der Waals surface area contributed by atoms with Gasteiger partial charge in [-0.15, -0.1) is 0 Å². The first-order valence-corrected chi connectivity index (χ1v) is 7.77. The Kier molecular flexibility index (Phi) is 4.31. The molecule has 21 heavy (non-hydrogen) atoms. The average Bonchev–Trinajstić information content (AvgIpc) is 3.01. The Balaban J connectivity index is 1.44. The number of furan rings is 1. The topological polar surface area (TPSA) is 54.7 Å². The highest BCUT2D eigenvalue weighted by atomic mass is 16.5. The molecule has 5 heteroatoms. The van der Waals surface area contributed by atoms with Crippen LogP contribution in [-0.2, 0) is 11.3 Å². The summed E-state index contributed by atoms with van der Waals surface area (Å²) in [5, 5.41) is 3.46. The van der Waals surface area contributed by atoms with E-state index in [9.17, 15) is 4.79 Å². The van der Waals surface area contributed by atoms with E-state index in [-0.39, 0.29) is 5.76 Å². The molecule has 2 unspecified atom stereocenters. The monoisotopic (exact) mass is 292 g/mol. The number of nitrogens with one attached hydrogen (secondary N) is 1. The largest absolute Gasteiger partial charge is 0.463 e. The van der Waals surface area contributed by atoms with Gasteiger partial charge in [-0.2, -0.15) is 0 Å². The number of piperidine rings is 1. The van der Waals surface area contributed by atoms with Crippen LogP contribution in [0.1, 0.15) is 42.0 Å². The first-order valence-electron chi connectivity index (χ1n) is 7.77. The number of hydrogen-bond donors (Lipinski definition) is 1. The fraction of sp³-hybridized carbons (Fsp3) is 0.688. The van der Waals surface area contributed by atoms with E-state index in [2.05, 4.69) is 22.0 Å². The minimum Gasteiger partial charge on any atom is -0.463 e. The van der Waals surface area contributed by atoms with Crippen LogP contribution in [0.5, 0.6) is 0 Å². The van der Waals surface area contributed by atoms with Gasteiger partial charge in [-0.3, -0.25) is 0 Å². The molecule has 0 aliphatic carbocycles. The summed E-state index contributed by atoms with van der Waals surface area (Å²) in [5.74, 6) is 1.39. The maximum absolute atomic E-state index is 11.3. The van der Waals surface area contributed by atoms with Crippen molar-refractivity contribution in [2.75, 3.05) is 20.7 Å². The SMILES string of the molecule is COC(=O)c1ccc(CNCC2CC3CCC(C2)N3C)o1. The lowest BCUT2D eigenvalue weighted by Gasteiger charge is -2.36. The summed E-state index contributed by atoms with van der Waals surface area (Å²) in [5.41, 5.74) is 0. The Morgan fingerprint density at radius 2 is 2.10 bits per heavy atom. The molecule has 116 valence electrons. The number of carbonyl (C=O) groups excluding carboxylic acids is 1. The number of rotatable bonds is 5. The molecule has 1 aromatic heterocycles. The van der Waals surface area contributed by atoms with E-state index < -0.39 is 5.97 Å². The summed E-state index contributed by atoms with van der Waals surface area (Å²) in [6.45, 7) is 1.69. The molecule has 0 amide bonds. The molecule has 2 fully saturated rings. The molecule has 3 rings (SSSR count). The predicted octanol–water partition coefficient (Wildman–Crippen LogP) is 2.03. The van der Waals surface area contributed by atoms with Crippen molar-refractivity contribution in [1.29, 1.82) is 0 Å². The Morgan fingerprint density at radius 1 is 1.38 bits per heavy atom. The van der Waals surface area contributed by atoms with Crippen LogP contribution >= 0.6 is 0 Å². The lowest BCUT2D eigenvalue weighted by Crippen LogP contribution is -2.42. The molecule has 2 aliphatic heterocycles. The lowest BCUT2D eigenvalue weighted by atomic mass is 9.91. The number of nitrogens with zero attached hydrogens (tertiary/aromatic N) is 1. The number of fused-ring (bicyclic) bond motifs is 2. The van der Waals surface area contributed by atoms with Crippen molar-refractivity contribution < 1.29 is 13.9 Å². The zero-order valence-corrected chi connectivity index (χ0v) is 12.8. The van der Waals surface area contributed by atoms with Crippen LogP contribution in [0.15, 0.2) is 16.5 Å². The summed E-state index contributed by atoms with van der Waals surface area (Å²) in [6.07, 6.45) is 5.31. The van der Waals surface area contributed by atoms with E-state index in [1.165, 1.54) is 32.8 Å². The van der Waals surface area contributed by atoms with Crippen molar-refractivity contribution in [3.05, 3.63) is 23.7 Å². The molecule has 0 radical (unpaired) electrons. The molecule has 0 aromatic carbocycles. The van der Waals surface area contributed by atoms with Crippen molar-refractivity contribution in [2.24, 2.45) is 5.92 Å². The van der Waals surface area contributed by atoms with Gasteiger partial charge in [-0.25, -0.2) is 4.79 Å². The fourth-order valence-corrected chi connectivity index (χ4v) is 3.77. The summed E-state index contributed by atoms with van der Waals surface area (Å²) in [6, 6.07) is 5.06. The molecular formula is C16H24N2O3. The van der Waals surface area contributed by atoms with Crippen LogP contribution in [0.4, 0.5) is 0 Å². The number of carbonyl (C=O) groups is 1. The number of methoxy groups -OCH3 is 1. The molecule has 1 N–H and O–H groups in total. The average molecular weight is 292 g/mol. The van der Waals surface area contributed by atoms with Gasteiger partial charge in [0, 0.05) is 12.1 Å². The van der Waals surface area contributed by atoms with Crippen LogP contribution < -0.4 is 5.32 Å². The zero-order valence-electron chi connectivity index (χ0n) is 12.8. The number of esters is 1. The van der Waals surface area contributed by atoms with Gasteiger partial charge in [-0.05, 0) is 57.3 Å². The molecule has 2 aliphatic rings. The molecule has 2 atom stereocenters. The van der Waals surface area contributed by atoms with Crippen molar-refractivity contribution in [2.45, 2.75) is 44.3 Å². The minimum atomic E-state index is -0.423. The third-order valence-corrected chi connectivity index (χ3v) is 4.98. The molecule has 0 spiro atoms. The molecule has 0 saturated carbocycles. The second kappa shape index (κ2) is 6.20. The van der Waals surface area contributed by atoms with Crippen molar-refractivity contribution in [3.8, 4) is 0 Å². The quantitative estimate of drug-likeness (QED) is 0.842. The standard InChI is InChI=1S/C16H24N2O3/c1-18-12-3-4-13(18)8-11(7-12)9-17-10-14-5-6-15(21-14)16(19)20-2/h5-6,11-13,17H,3-4,7-10H2,1-2H3. The number of hydrogen-bond acceptors (Lipinski definition) is 5. The van der Waals surface area contributed by atoms with Gasteiger partial charge in [0.2, 0.25) is 5.76 Å². The molecule has 3 heterocycles. The van der Waals surface area contributed by atoms with Crippen LogP contribution in [0.25, 0.3) is 0 Å². The lowest BCUT2D eigenvalue weighted by molar-refractivity contribution is 0.0562. The van der Waals surface area contributed by atoms with Crippen molar-refractivity contribution >= 4 is 5.97 Å². The van der Waals surface area contributed by atoms with E-state index in [1.807, 2.05) is 6.07 Å². The molecule has 5 nitrogen and oxygen atoms in total. The van der Waals surface area contributed by atoms with Crippen LogP contribution in [-0.4, -0.2) is 43.7 Å². The number of ether oxygens (including phenoxy) is 1. The normalized spacial score (nSPS) is 28.8. The highest BCUT2D eigenvalue weighted by Gasteiger charge is 2.37. The highest BCUT2D eigenvalue weighted by molar-refractivity contribution is 5.86. The van der Waals surface area contributed by atoms with Gasteiger partial charge >= 0.3 is 5.97 Å². The van der Waals surface area contributed by atoms with Crippen LogP contribution in [0, 0.1) is 5.92 Å². The van der Waals surface area contributed by atoms with Gasteiger partial charge < -0.3 is 19.4 Å². The van der Waals surface area contributed by atoms with Crippen molar-refractivity contribution in [3.63, 3.8) is 0 Å². The smallest absolute Gasteiger partial charge is 0.373 e. The Labute approximate surface area is 125 Å². The van der Waals surface area contributed by atoms with Gasteiger partial charge in [0.15, 0.2) is 0 Å². The molecule has 2 saturated heterocycles. The van der Waals surface area contributed by atoms with Crippen LogP contribution in [0.2, 0.25) is 0 Å². The maximum Gasteiger partial charge on any atom is 0.373 e. The summed E-state index contributed by atoms with van der Waals surface area (Å²) in [7, 11) is 3.63. The van der Waals surface area contributed by atoms with E-state index >= 15 is 0 Å². The summed E-state index contributed by atoms with van der Waals surface area (Å²) >= 11 is 0. The predicted molar refractivity (Wildman–Crippen MR) is 79.1 cm³/mol. The third-order valence-electron chi connectivity index (χ3n) is 4.98. The second-order valence-corrected chi connectivity index (χ2v) is 6.28. The molecular weight excluding hydrogens is 268 g/mol. The van der Waals surface area contributed by atoms with Crippen LogP contribution in [0.3, 0.4) is 0 Å². The first-order chi connectivity index (χ1) is 10.2. The van der Waals surface area contributed by atoms with Gasteiger partial charge in [0.05, 0.1) is 13.7 Å². The van der Waals surface area contributed by atoms with E-state index in [4.69, 9.17) is 4.42 Å². The summed E-state index contributed by atoms with van der Waals surface area (Å²) in [4.78, 5) is 13.9.